The van der Waals surface area contributed by atoms with Crippen LogP contribution in [-0.2, 0) is 9.63 Å². The van der Waals surface area contributed by atoms with Gasteiger partial charge in [-0.25, -0.2) is 0 Å². The average molecular weight is 376 g/mol. The molecule has 0 aliphatic carbocycles. The Kier molecular flexibility index (Phi) is 10.3. The van der Waals surface area contributed by atoms with Crippen LogP contribution in [0.25, 0.3) is 0 Å². The summed E-state index contributed by atoms with van der Waals surface area (Å²) >= 11 is 0. The van der Waals surface area contributed by atoms with Crippen LogP contribution in [0.5, 0.6) is 0 Å². The van der Waals surface area contributed by atoms with Gasteiger partial charge in [0.05, 0.1) is 0 Å². The van der Waals surface area contributed by atoms with Crippen molar-refractivity contribution in [3.63, 3.8) is 0 Å². The monoisotopic (exact) mass is 375 g/mol. The smallest absolute Gasteiger partial charge is 0.227 e. The molecule has 152 valence electrons. The third-order valence-electron chi connectivity index (χ3n) is 5.51. The number of hydrogen-bond acceptors (Lipinski definition) is 2. The molecular formula is C23H39N2O2+. The van der Waals surface area contributed by atoms with Gasteiger partial charge in [0.2, 0.25) is 5.91 Å². The minimum Gasteiger partial charge on any atom is -0.317 e. The van der Waals surface area contributed by atoms with Crippen molar-refractivity contribution >= 4 is 5.91 Å². The van der Waals surface area contributed by atoms with Gasteiger partial charge in [-0.1, -0.05) is 75.1 Å². The zero-order chi connectivity index (χ0) is 19.2. The molecule has 1 atom stereocenters. The molecule has 0 radical (unpaired) electrons. The molecular weight excluding hydrogens is 336 g/mol. The first-order valence-electron chi connectivity index (χ1n) is 11.1. The number of hydrogen-bond donors (Lipinski definition) is 0. The van der Waals surface area contributed by atoms with Gasteiger partial charge in [-0.15, -0.1) is 0 Å². The molecule has 4 heteroatoms. The van der Waals surface area contributed by atoms with Crippen molar-refractivity contribution in [2.75, 3.05) is 19.8 Å². The maximum atomic E-state index is 12.1. The van der Waals surface area contributed by atoms with Crippen LogP contribution in [0.3, 0.4) is 0 Å². The molecule has 4 nitrogen and oxygen atoms in total. The van der Waals surface area contributed by atoms with E-state index in [-0.39, 0.29) is 5.91 Å². The van der Waals surface area contributed by atoms with Crippen LogP contribution in [0.4, 0.5) is 0 Å². The maximum absolute atomic E-state index is 12.1. The molecule has 2 aliphatic heterocycles. The quantitative estimate of drug-likeness (QED) is 0.299. The van der Waals surface area contributed by atoms with Crippen LogP contribution in [0.15, 0.2) is 36.8 Å². The Hall–Kier alpha value is -1.55. The summed E-state index contributed by atoms with van der Waals surface area (Å²) in [4.78, 5) is 20.1. The Morgan fingerprint density at radius 1 is 0.926 bits per heavy atom. The summed E-state index contributed by atoms with van der Waals surface area (Å²) in [5.74, 6) is 0.258. The van der Waals surface area contributed by atoms with Crippen LogP contribution in [0.2, 0.25) is 0 Å². The summed E-state index contributed by atoms with van der Waals surface area (Å²) in [6, 6.07) is 0. The number of quaternary nitrogens is 1. The Labute approximate surface area is 166 Å². The first-order valence-corrected chi connectivity index (χ1v) is 11.1. The van der Waals surface area contributed by atoms with Gasteiger partial charge in [-0.2, -0.15) is 0 Å². The van der Waals surface area contributed by atoms with Gasteiger partial charge in [0, 0.05) is 19.4 Å². The zero-order valence-electron chi connectivity index (χ0n) is 17.3. The summed E-state index contributed by atoms with van der Waals surface area (Å²) in [5.41, 5.74) is 0. The molecule has 27 heavy (non-hydrogen) atoms. The highest BCUT2D eigenvalue weighted by Crippen LogP contribution is 2.21. The molecule has 2 rings (SSSR count). The van der Waals surface area contributed by atoms with Crippen molar-refractivity contribution < 1.29 is 14.3 Å². The van der Waals surface area contributed by atoms with Gasteiger partial charge in [0.1, 0.15) is 12.7 Å². The van der Waals surface area contributed by atoms with Crippen LogP contribution in [0.1, 0.15) is 84.0 Å². The molecule has 1 saturated heterocycles. The van der Waals surface area contributed by atoms with Crippen molar-refractivity contribution in [3.05, 3.63) is 36.8 Å². The normalized spacial score (nSPS) is 25.7. The number of carbonyl (C=O) groups excluding carboxylic acids is 1. The molecule has 0 aromatic carbocycles. The second kappa shape index (κ2) is 12.8. The summed E-state index contributed by atoms with van der Waals surface area (Å²) in [6.07, 6.45) is 26.7. The van der Waals surface area contributed by atoms with E-state index in [9.17, 15) is 4.79 Å². The average Bonchev–Trinajstić information content (AvgIpc) is 3.04. The molecule has 0 aromatic heterocycles. The van der Waals surface area contributed by atoms with Crippen LogP contribution >= 0.6 is 0 Å². The van der Waals surface area contributed by atoms with Gasteiger partial charge in [-0.3, -0.25) is 9.69 Å². The SMILES string of the molecule is CCCCCCCCCCCC[N+]1(CN2CCCC2=O)\C=C/C=C\C=C/O1. The molecule has 0 bridgehead atoms. The second-order valence-electron chi connectivity index (χ2n) is 7.92. The summed E-state index contributed by atoms with van der Waals surface area (Å²) in [5, 5.41) is 0. The third-order valence-corrected chi connectivity index (χ3v) is 5.51. The van der Waals surface area contributed by atoms with Crippen molar-refractivity contribution in [2.24, 2.45) is 0 Å². The number of carbonyl (C=O) groups is 1. The van der Waals surface area contributed by atoms with Crippen molar-refractivity contribution in [2.45, 2.75) is 84.0 Å². The first kappa shape index (κ1) is 21.7. The lowest BCUT2D eigenvalue weighted by atomic mass is 10.1. The van der Waals surface area contributed by atoms with Crippen molar-refractivity contribution in [3.8, 4) is 0 Å². The number of unbranched alkanes of at least 4 members (excludes halogenated alkanes) is 9. The fourth-order valence-corrected chi connectivity index (χ4v) is 3.86. The van der Waals surface area contributed by atoms with E-state index < -0.39 is 0 Å². The van der Waals surface area contributed by atoms with E-state index >= 15 is 0 Å². The molecule has 0 saturated carbocycles. The fourth-order valence-electron chi connectivity index (χ4n) is 3.86. The molecule has 0 N–H and O–H groups in total. The van der Waals surface area contributed by atoms with E-state index in [0.717, 1.165) is 25.9 Å². The molecule has 1 amide bonds. The number of amides is 1. The third kappa shape index (κ3) is 8.34. The fraction of sp³-hybridized carbons (Fsp3) is 0.696. The van der Waals surface area contributed by atoms with Crippen LogP contribution in [-0.4, -0.2) is 35.2 Å². The summed E-state index contributed by atoms with van der Waals surface area (Å²) in [7, 11) is 0. The van der Waals surface area contributed by atoms with Crippen molar-refractivity contribution in [1.29, 1.82) is 0 Å². The van der Waals surface area contributed by atoms with Crippen molar-refractivity contribution in [1.82, 2.24) is 4.90 Å². The van der Waals surface area contributed by atoms with E-state index in [1.54, 1.807) is 6.26 Å². The first-order chi connectivity index (χ1) is 13.3. The molecule has 1 unspecified atom stereocenters. The number of likely N-dealkylation sites (tertiary alicyclic amines) is 1. The number of allylic oxidation sites excluding steroid dienone is 4. The van der Waals surface area contributed by atoms with Crippen LogP contribution in [0, 0.1) is 0 Å². The Bertz CT molecular complexity index is 513. The molecule has 1 fully saturated rings. The van der Waals surface area contributed by atoms with Gasteiger partial charge in [-0.05, 0) is 25.0 Å². The summed E-state index contributed by atoms with van der Waals surface area (Å²) < 4.78 is 0.392. The lowest BCUT2D eigenvalue weighted by Crippen LogP contribution is -2.50. The summed E-state index contributed by atoms with van der Waals surface area (Å²) in [6.45, 7) is 4.65. The second-order valence-corrected chi connectivity index (χ2v) is 7.92. The Balaban J connectivity index is 1.72. The Morgan fingerprint density at radius 3 is 2.26 bits per heavy atom. The highest BCUT2D eigenvalue weighted by Gasteiger charge is 2.34. The molecule has 2 aliphatic rings. The number of nitrogens with zero attached hydrogens (tertiary/aromatic N) is 2. The molecule has 0 spiro atoms. The van der Waals surface area contributed by atoms with E-state index in [0.29, 0.717) is 17.7 Å². The number of hydroxylamine groups is 3. The highest BCUT2D eigenvalue weighted by atomic mass is 16.7. The molecule has 2 heterocycles. The lowest BCUT2D eigenvalue weighted by molar-refractivity contribution is -1.06. The minimum atomic E-state index is 0.258. The van der Waals surface area contributed by atoms with Crippen LogP contribution < -0.4 is 0 Å². The van der Waals surface area contributed by atoms with E-state index in [1.165, 1.54) is 57.8 Å². The minimum absolute atomic E-state index is 0.258. The Morgan fingerprint density at radius 2 is 1.59 bits per heavy atom. The topological polar surface area (TPSA) is 29.5 Å². The largest absolute Gasteiger partial charge is 0.317 e. The predicted molar refractivity (Wildman–Crippen MR) is 111 cm³/mol. The van der Waals surface area contributed by atoms with E-state index in [4.69, 9.17) is 4.84 Å². The standard InChI is InChI=1S/C23H39N2O2/c1-2-3-4-5-6-7-8-9-10-13-19-25(20-14-11-12-15-21-27-25)22-24-18-16-17-23(24)26/h11-12,14-15,20-21H,2-10,13,16-19,22H2,1H3/q+1/b12-11-,20-14-,21-15-. The predicted octanol–water partition coefficient (Wildman–Crippen LogP) is 5.83. The number of rotatable bonds is 13. The van der Waals surface area contributed by atoms with Gasteiger partial charge < -0.3 is 4.84 Å². The van der Waals surface area contributed by atoms with E-state index in [2.05, 4.69) is 13.1 Å². The van der Waals surface area contributed by atoms with Gasteiger partial charge >= 0.3 is 0 Å². The highest BCUT2D eigenvalue weighted by molar-refractivity contribution is 5.77. The van der Waals surface area contributed by atoms with E-state index in [1.807, 2.05) is 29.2 Å². The molecule has 0 aromatic rings. The zero-order valence-corrected chi connectivity index (χ0v) is 17.3. The van der Waals surface area contributed by atoms with Gasteiger partial charge in [0.25, 0.3) is 0 Å². The lowest BCUT2D eigenvalue weighted by Gasteiger charge is -2.34. The van der Waals surface area contributed by atoms with Gasteiger partial charge in [0.15, 0.2) is 12.9 Å². The maximum Gasteiger partial charge on any atom is 0.227 e.